The van der Waals surface area contributed by atoms with E-state index in [0.29, 0.717) is 5.69 Å². The molecule has 1 aromatic heterocycles. The average Bonchev–Trinajstić information content (AvgIpc) is 2.78. The molecular formula is C25H19N5O2. The zero-order valence-corrected chi connectivity index (χ0v) is 17.2. The highest BCUT2D eigenvalue weighted by Gasteiger charge is 2.22. The van der Waals surface area contributed by atoms with Crippen LogP contribution in [0, 0.1) is 17.0 Å². The van der Waals surface area contributed by atoms with E-state index in [-0.39, 0.29) is 23.1 Å². The van der Waals surface area contributed by atoms with Crippen LogP contribution >= 0.6 is 0 Å². The van der Waals surface area contributed by atoms with Gasteiger partial charge in [-0.3, -0.25) is 10.1 Å². The molecule has 5 aromatic rings. The van der Waals surface area contributed by atoms with Crippen molar-refractivity contribution in [1.82, 2.24) is 9.97 Å². The highest BCUT2D eigenvalue weighted by molar-refractivity contribution is 5.87. The van der Waals surface area contributed by atoms with Crippen molar-refractivity contribution in [1.29, 1.82) is 0 Å². The third kappa shape index (κ3) is 3.79. The van der Waals surface area contributed by atoms with Gasteiger partial charge in [0.2, 0.25) is 11.8 Å². The summed E-state index contributed by atoms with van der Waals surface area (Å²) in [5, 5.41) is 22.3. The molecule has 0 fully saturated rings. The molecule has 0 spiro atoms. The molecular weight excluding hydrogens is 402 g/mol. The molecule has 4 aromatic carbocycles. The SMILES string of the molecule is Cc1nc(Nc2ccc3ccccc3c2)nc(Nc2ccc3ccccc3c2)c1[N+](=O)[O-]. The molecule has 0 aliphatic carbocycles. The molecule has 1 heterocycles. The molecule has 32 heavy (non-hydrogen) atoms. The first-order valence-electron chi connectivity index (χ1n) is 10.1. The zero-order chi connectivity index (χ0) is 22.1. The van der Waals surface area contributed by atoms with Gasteiger partial charge in [0.15, 0.2) is 0 Å². The maximum atomic E-state index is 11.7. The molecule has 0 amide bonds. The topological polar surface area (TPSA) is 93.0 Å². The quantitative estimate of drug-likeness (QED) is 0.249. The van der Waals surface area contributed by atoms with Crippen molar-refractivity contribution in [2.45, 2.75) is 6.92 Å². The molecule has 0 unspecified atom stereocenters. The molecule has 0 saturated heterocycles. The second-order valence-corrected chi connectivity index (χ2v) is 7.46. The molecule has 156 valence electrons. The van der Waals surface area contributed by atoms with E-state index in [9.17, 15) is 10.1 Å². The molecule has 0 aliphatic heterocycles. The second-order valence-electron chi connectivity index (χ2n) is 7.46. The Morgan fingerprint density at radius 2 is 1.25 bits per heavy atom. The molecule has 5 rings (SSSR count). The minimum absolute atomic E-state index is 0.140. The average molecular weight is 421 g/mol. The smallest absolute Gasteiger partial charge is 0.332 e. The van der Waals surface area contributed by atoms with Gasteiger partial charge in [-0.25, -0.2) is 4.98 Å². The number of rotatable bonds is 5. The Morgan fingerprint density at radius 1 is 0.719 bits per heavy atom. The Morgan fingerprint density at radius 3 is 1.81 bits per heavy atom. The fourth-order valence-corrected chi connectivity index (χ4v) is 3.73. The highest BCUT2D eigenvalue weighted by Crippen LogP contribution is 2.31. The van der Waals surface area contributed by atoms with E-state index in [4.69, 9.17) is 0 Å². The van der Waals surface area contributed by atoms with E-state index in [2.05, 4.69) is 20.6 Å². The first-order valence-corrected chi connectivity index (χ1v) is 10.1. The Balaban J connectivity index is 1.52. The highest BCUT2D eigenvalue weighted by atomic mass is 16.6. The lowest BCUT2D eigenvalue weighted by Crippen LogP contribution is -2.07. The molecule has 0 radical (unpaired) electrons. The maximum Gasteiger partial charge on any atom is 0.332 e. The van der Waals surface area contributed by atoms with E-state index < -0.39 is 4.92 Å². The Hall–Kier alpha value is -4.52. The predicted molar refractivity (Wildman–Crippen MR) is 128 cm³/mol. The van der Waals surface area contributed by atoms with Gasteiger partial charge < -0.3 is 10.6 Å². The van der Waals surface area contributed by atoms with Crippen LogP contribution in [0.25, 0.3) is 21.5 Å². The standard InChI is InChI=1S/C25H19N5O2/c1-16-23(30(31)32)24(27-21-12-10-17-6-2-4-8-19(17)14-21)29-25(26-16)28-22-13-11-18-7-3-5-9-20(18)15-22/h2-15H,1H3,(H2,26,27,28,29). The summed E-state index contributed by atoms with van der Waals surface area (Å²) in [7, 11) is 0. The predicted octanol–water partition coefficient (Wildman–Crippen LogP) is 6.49. The number of nitro groups is 1. The third-order valence-corrected chi connectivity index (χ3v) is 5.26. The molecule has 7 heteroatoms. The van der Waals surface area contributed by atoms with Crippen molar-refractivity contribution in [3.8, 4) is 0 Å². The van der Waals surface area contributed by atoms with Crippen molar-refractivity contribution < 1.29 is 4.92 Å². The number of fused-ring (bicyclic) bond motifs is 2. The minimum Gasteiger partial charge on any atom is -0.334 e. The summed E-state index contributed by atoms with van der Waals surface area (Å²) in [5.41, 5.74) is 1.63. The van der Waals surface area contributed by atoms with Crippen molar-refractivity contribution >= 4 is 50.4 Å². The number of benzene rings is 4. The second kappa shape index (κ2) is 7.96. The molecule has 0 aliphatic rings. The Labute approximate surface area is 183 Å². The molecule has 0 atom stereocenters. The van der Waals surface area contributed by atoms with Gasteiger partial charge in [0, 0.05) is 11.4 Å². The van der Waals surface area contributed by atoms with Crippen LogP contribution in [-0.2, 0) is 0 Å². The van der Waals surface area contributed by atoms with Crippen LogP contribution in [0.5, 0.6) is 0 Å². The van der Waals surface area contributed by atoms with Gasteiger partial charge in [-0.15, -0.1) is 0 Å². The van der Waals surface area contributed by atoms with Gasteiger partial charge in [-0.2, -0.15) is 4.98 Å². The van der Waals surface area contributed by atoms with Gasteiger partial charge in [-0.1, -0.05) is 60.7 Å². The summed E-state index contributed by atoms with van der Waals surface area (Å²) in [5.74, 6) is 0.424. The van der Waals surface area contributed by atoms with Crippen molar-refractivity contribution in [2.24, 2.45) is 0 Å². The summed E-state index contributed by atoms with van der Waals surface area (Å²) in [6.45, 7) is 1.61. The number of hydrogen-bond acceptors (Lipinski definition) is 6. The minimum atomic E-state index is -0.460. The number of aryl methyl sites for hydroxylation is 1. The zero-order valence-electron chi connectivity index (χ0n) is 17.2. The molecule has 2 N–H and O–H groups in total. The van der Waals surface area contributed by atoms with Crippen molar-refractivity contribution in [2.75, 3.05) is 10.6 Å². The van der Waals surface area contributed by atoms with Gasteiger partial charge in [0.05, 0.1) is 4.92 Å². The lowest BCUT2D eigenvalue weighted by molar-refractivity contribution is -0.385. The van der Waals surface area contributed by atoms with Crippen LogP contribution in [0.3, 0.4) is 0 Å². The van der Waals surface area contributed by atoms with Crippen LogP contribution in [-0.4, -0.2) is 14.9 Å². The molecule has 0 saturated carbocycles. The van der Waals surface area contributed by atoms with E-state index in [1.807, 2.05) is 84.9 Å². The monoisotopic (exact) mass is 421 g/mol. The largest absolute Gasteiger partial charge is 0.334 e. The maximum absolute atomic E-state index is 11.7. The summed E-state index contributed by atoms with van der Waals surface area (Å²) < 4.78 is 0. The number of nitrogens with one attached hydrogen (secondary N) is 2. The molecule has 7 nitrogen and oxygen atoms in total. The summed E-state index contributed by atoms with van der Waals surface area (Å²) in [4.78, 5) is 20.0. The first kappa shape index (κ1) is 19.4. The first-order chi connectivity index (χ1) is 15.6. The van der Waals surface area contributed by atoms with Gasteiger partial charge in [-0.05, 0) is 52.7 Å². The summed E-state index contributed by atoms with van der Waals surface area (Å²) in [6, 6.07) is 27.7. The lowest BCUT2D eigenvalue weighted by atomic mass is 10.1. The number of aromatic nitrogens is 2. The van der Waals surface area contributed by atoms with Crippen LogP contribution in [0.1, 0.15) is 5.69 Å². The lowest BCUT2D eigenvalue weighted by Gasteiger charge is -2.12. The van der Waals surface area contributed by atoms with Crippen LogP contribution in [0.4, 0.5) is 28.8 Å². The number of anilines is 4. The summed E-state index contributed by atoms with van der Waals surface area (Å²) in [6.07, 6.45) is 0. The van der Waals surface area contributed by atoms with Crippen molar-refractivity contribution in [3.63, 3.8) is 0 Å². The number of hydrogen-bond donors (Lipinski definition) is 2. The van der Waals surface area contributed by atoms with E-state index in [1.54, 1.807) is 6.92 Å². The summed E-state index contributed by atoms with van der Waals surface area (Å²) >= 11 is 0. The Bertz CT molecular complexity index is 1480. The fourth-order valence-electron chi connectivity index (χ4n) is 3.73. The third-order valence-electron chi connectivity index (χ3n) is 5.26. The molecule has 0 bridgehead atoms. The van der Waals surface area contributed by atoms with Gasteiger partial charge in [0.25, 0.3) is 0 Å². The van der Waals surface area contributed by atoms with E-state index >= 15 is 0 Å². The van der Waals surface area contributed by atoms with Gasteiger partial charge in [0.1, 0.15) is 5.69 Å². The normalized spacial score (nSPS) is 10.9. The van der Waals surface area contributed by atoms with E-state index in [1.165, 1.54) is 0 Å². The van der Waals surface area contributed by atoms with Gasteiger partial charge >= 0.3 is 5.69 Å². The van der Waals surface area contributed by atoms with Crippen LogP contribution in [0.15, 0.2) is 84.9 Å². The number of nitrogens with zero attached hydrogens (tertiary/aromatic N) is 3. The van der Waals surface area contributed by atoms with Crippen molar-refractivity contribution in [3.05, 3.63) is 101 Å². The Kier molecular flexibility index (Phi) is 4.84. The van der Waals surface area contributed by atoms with Crippen LogP contribution in [0.2, 0.25) is 0 Å². The van der Waals surface area contributed by atoms with Crippen LogP contribution < -0.4 is 10.6 Å². The van der Waals surface area contributed by atoms with E-state index in [0.717, 1.165) is 27.2 Å². The fraction of sp³-hybridized carbons (Fsp3) is 0.0400.